The molecule has 0 saturated carbocycles. The number of aryl methyl sites for hydroxylation is 1. The zero-order valence-electron chi connectivity index (χ0n) is 19.3. The third-order valence-corrected chi connectivity index (χ3v) is 5.76. The number of benzene rings is 2. The number of halogens is 2. The number of methoxy groups -OCH3 is 1. The van der Waals surface area contributed by atoms with E-state index in [1.807, 2.05) is 11.6 Å². The van der Waals surface area contributed by atoms with Gasteiger partial charge in [0.2, 0.25) is 0 Å². The molecule has 0 aliphatic carbocycles. The number of Topliss-reactive ketones (excluding diaryl/α,β-unsaturated/α-hetero) is 1. The van der Waals surface area contributed by atoms with E-state index in [0.29, 0.717) is 34.1 Å². The summed E-state index contributed by atoms with van der Waals surface area (Å²) in [5.74, 6) is -3.77. The van der Waals surface area contributed by atoms with E-state index in [0.717, 1.165) is 6.92 Å². The molecule has 0 radical (unpaired) electrons. The highest BCUT2D eigenvalue weighted by Crippen LogP contribution is 2.35. The highest BCUT2D eigenvalue weighted by molar-refractivity contribution is 6.27. The van der Waals surface area contributed by atoms with Crippen molar-refractivity contribution in [3.8, 4) is 17.1 Å². The lowest BCUT2D eigenvalue weighted by atomic mass is 9.93. The molecule has 4 rings (SSSR count). The number of anilines is 1. The summed E-state index contributed by atoms with van der Waals surface area (Å²) < 4.78 is 34.6. The van der Waals surface area contributed by atoms with Crippen molar-refractivity contribution >= 4 is 23.1 Å². The third-order valence-electron chi connectivity index (χ3n) is 5.76. The summed E-state index contributed by atoms with van der Waals surface area (Å²) in [6.07, 6.45) is 3.30. The number of hydrogen-bond acceptors (Lipinski definition) is 5. The summed E-state index contributed by atoms with van der Waals surface area (Å²) in [6, 6.07) is 10.8. The molecule has 1 unspecified atom stereocenters. The number of nitrogens with zero attached hydrogens (tertiary/aromatic N) is 4. The van der Waals surface area contributed by atoms with Crippen molar-refractivity contribution in [1.82, 2.24) is 9.55 Å². The van der Waals surface area contributed by atoms with E-state index in [9.17, 15) is 18.4 Å². The lowest BCUT2D eigenvalue weighted by Gasteiger charge is -2.17. The van der Waals surface area contributed by atoms with Crippen LogP contribution in [-0.2, 0) is 29.0 Å². The standard InChI is InChI=1S/C25H24F2N4O3/c1-15-22(20(32)13-16-6-5-7-17(12-16)25(2,26)27)24(33)31(29-15)18-8-9-21(34-4)19(14-18)23-28-10-11-30(23)3/h5-12,14,22H,13H2,1-4H3. The maximum Gasteiger partial charge on any atom is 0.270 e. The van der Waals surface area contributed by atoms with Gasteiger partial charge in [-0.05, 0) is 36.8 Å². The molecule has 0 N–H and O–H groups in total. The largest absolute Gasteiger partial charge is 0.496 e. The first-order valence-corrected chi connectivity index (χ1v) is 10.6. The van der Waals surface area contributed by atoms with Crippen molar-refractivity contribution in [1.29, 1.82) is 0 Å². The molecule has 1 atom stereocenters. The van der Waals surface area contributed by atoms with Crippen LogP contribution in [0.3, 0.4) is 0 Å². The summed E-state index contributed by atoms with van der Waals surface area (Å²) in [7, 11) is 3.39. The molecule has 2 heterocycles. The minimum absolute atomic E-state index is 0.151. The summed E-state index contributed by atoms with van der Waals surface area (Å²) in [5, 5.41) is 5.53. The minimum Gasteiger partial charge on any atom is -0.496 e. The molecule has 1 aliphatic heterocycles. The normalized spacial score (nSPS) is 16.1. The van der Waals surface area contributed by atoms with Crippen LogP contribution in [0.1, 0.15) is 25.0 Å². The van der Waals surface area contributed by atoms with Crippen LogP contribution in [0.5, 0.6) is 5.75 Å². The predicted molar refractivity (Wildman–Crippen MR) is 124 cm³/mol. The number of aromatic nitrogens is 2. The van der Waals surface area contributed by atoms with Gasteiger partial charge in [0.25, 0.3) is 11.8 Å². The quantitative estimate of drug-likeness (QED) is 0.485. The number of rotatable bonds is 7. The van der Waals surface area contributed by atoms with E-state index in [1.54, 1.807) is 50.7 Å². The van der Waals surface area contributed by atoms with E-state index in [4.69, 9.17) is 4.74 Å². The molecule has 9 heteroatoms. The Balaban J connectivity index is 1.60. The average molecular weight is 466 g/mol. The van der Waals surface area contributed by atoms with Crippen molar-refractivity contribution in [2.75, 3.05) is 12.1 Å². The van der Waals surface area contributed by atoms with E-state index in [2.05, 4.69) is 10.1 Å². The molecule has 1 aromatic heterocycles. The Morgan fingerprint density at radius 2 is 1.97 bits per heavy atom. The number of ether oxygens (including phenoxy) is 1. The molecule has 34 heavy (non-hydrogen) atoms. The van der Waals surface area contributed by atoms with Crippen LogP contribution in [0, 0.1) is 5.92 Å². The van der Waals surface area contributed by atoms with Gasteiger partial charge in [0.1, 0.15) is 17.5 Å². The SMILES string of the molecule is COc1ccc(N2N=C(C)C(C(=O)Cc3cccc(C(C)(F)F)c3)C2=O)cc1-c1nccn1C. The van der Waals surface area contributed by atoms with Gasteiger partial charge in [0.05, 0.1) is 24.1 Å². The van der Waals surface area contributed by atoms with E-state index < -0.39 is 23.5 Å². The highest BCUT2D eigenvalue weighted by Gasteiger charge is 2.39. The Labute approximate surface area is 195 Å². The van der Waals surface area contributed by atoms with Crippen LogP contribution in [0.4, 0.5) is 14.5 Å². The van der Waals surface area contributed by atoms with Crippen molar-refractivity contribution in [3.05, 3.63) is 66.0 Å². The zero-order valence-corrected chi connectivity index (χ0v) is 19.3. The molecule has 2 aromatic carbocycles. The fourth-order valence-electron chi connectivity index (χ4n) is 4.01. The van der Waals surface area contributed by atoms with Crippen LogP contribution in [0.2, 0.25) is 0 Å². The fourth-order valence-corrected chi connectivity index (χ4v) is 4.01. The monoisotopic (exact) mass is 466 g/mol. The topological polar surface area (TPSA) is 76.8 Å². The molecule has 3 aromatic rings. The van der Waals surface area contributed by atoms with Gasteiger partial charge in [-0.1, -0.05) is 18.2 Å². The maximum absolute atomic E-state index is 13.7. The molecular formula is C25H24F2N4O3. The summed E-state index contributed by atoms with van der Waals surface area (Å²) in [4.78, 5) is 30.6. The molecular weight excluding hydrogens is 442 g/mol. The van der Waals surface area contributed by atoms with E-state index in [1.165, 1.54) is 23.2 Å². The Hall–Kier alpha value is -3.88. The van der Waals surface area contributed by atoms with Gasteiger partial charge >= 0.3 is 0 Å². The lowest BCUT2D eigenvalue weighted by Crippen LogP contribution is -2.33. The first-order chi connectivity index (χ1) is 16.1. The van der Waals surface area contributed by atoms with Gasteiger partial charge in [-0.3, -0.25) is 9.59 Å². The Morgan fingerprint density at radius 1 is 1.21 bits per heavy atom. The van der Waals surface area contributed by atoms with Crippen molar-refractivity contribution in [3.63, 3.8) is 0 Å². The number of carbonyl (C=O) groups is 2. The Bertz CT molecular complexity index is 1290. The van der Waals surface area contributed by atoms with Crippen LogP contribution in [0.15, 0.2) is 60.0 Å². The molecule has 0 spiro atoms. The van der Waals surface area contributed by atoms with Crippen molar-refractivity contribution in [2.24, 2.45) is 18.1 Å². The number of alkyl halides is 2. The summed E-state index contributed by atoms with van der Waals surface area (Å²) in [5.41, 5.74) is 1.72. The van der Waals surface area contributed by atoms with E-state index >= 15 is 0 Å². The Kier molecular flexibility index (Phi) is 6.03. The molecule has 0 bridgehead atoms. The van der Waals surface area contributed by atoms with Crippen molar-refractivity contribution < 1.29 is 23.1 Å². The zero-order chi connectivity index (χ0) is 24.6. The van der Waals surface area contributed by atoms with Crippen molar-refractivity contribution in [2.45, 2.75) is 26.2 Å². The van der Waals surface area contributed by atoms with Gasteiger partial charge in [0, 0.05) is 38.3 Å². The molecule has 7 nitrogen and oxygen atoms in total. The molecule has 1 aliphatic rings. The highest BCUT2D eigenvalue weighted by atomic mass is 19.3. The summed E-state index contributed by atoms with van der Waals surface area (Å²) >= 11 is 0. The number of hydrazone groups is 1. The number of imidazole rings is 1. The van der Waals surface area contributed by atoms with Gasteiger partial charge in [-0.2, -0.15) is 10.1 Å². The third kappa shape index (κ3) is 4.33. The van der Waals surface area contributed by atoms with Crippen LogP contribution >= 0.6 is 0 Å². The van der Waals surface area contributed by atoms with Crippen LogP contribution in [0.25, 0.3) is 11.4 Å². The number of amides is 1. The lowest BCUT2D eigenvalue weighted by molar-refractivity contribution is -0.128. The smallest absolute Gasteiger partial charge is 0.270 e. The van der Waals surface area contributed by atoms with Gasteiger partial charge in [-0.25, -0.2) is 13.8 Å². The second-order valence-electron chi connectivity index (χ2n) is 8.30. The number of hydrogen-bond donors (Lipinski definition) is 0. The average Bonchev–Trinajstić information content (AvgIpc) is 3.35. The maximum atomic E-state index is 13.7. The van der Waals surface area contributed by atoms with E-state index in [-0.39, 0.29) is 12.0 Å². The number of carbonyl (C=O) groups excluding carboxylic acids is 2. The molecule has 0 fully saturated rings. The predicted octanol–water partition coefficient (Wildman–Crippen LogP) is 4.36. The number of ketones is 1. The van der Waals surface area contributed by atoms with Crippen LogP contribution in [-0.4, -0.2) is 34.1 Å². The fraction of sp³-hybridized carbons (Fsp3) is 0.280. The molecule has 176 valence electrons. The second kappa shape index (κ2) is 8.81. The summed E-state index contributed by atoms with van der Waals surface area (Å²) in [6.45, 7) is 2.41. The molecule has 0 saturated heterocycles. The van der Waals surface area contributed by atoms with Gasteiger partial charge in [-0.15, -0.1) is 0 Å². The second-order valence-corrected chi connectivity index (χ2v) is 8.30. The Morgan fingerprint density at radius 3 is 2.62 bits per heavy atom. The first kappa shape index (κ1) is 23.3. The molecule has 1 amide bonds. The van der Waals surface area contributed by atoms with Gasteiger partial charge < -0.3 is 9.30 Å². The van der Waals surface area contributed by atoms with Crippen LogP contribution < -0.4 is 9.75 Å². The van der Waals surface area contributed by atoms with Gasteiger partial charge in [0.15, 0.2) is 5.78 Å². The first-order valence-electron chi connectivity index (χ1n) is 10.6. The minimum atomic E-state index is -3.02.